The summed E-state index contributed by atoms with van der Waals surface area (Å²) in [7, 11) is 0. The molecule has 100 valence electrons. The summed E-state index contributed by atoms with van der Waals surface area (Å²) in [4.78, 5) is 0. The average molecular weight is 257 g/mol. The number of fused-ring (bicyclic) bond motifs is 4. The highest BCUT2D eigenvalue weighted by Crippen LogP contribution is 2.43. The van der Waals surface area contributed by atoms with Crippen LogP contribution < -0.4 is 5.32 Å². The Bertz CT molecular complexity index is 645. The maximum absolute atomic E-state index is 6.24. The van der Waals surface area contributed by atoms with Crippen LogP contribution in [0.15, 0.2) is 22.6 Å². The third kappa shape index (κ3) is 1.46. The molecule has 2 aliphatic heterocycles. The number of furan rings is 1. The summed E-state index contributed by atoms with van der Waals surface area (Å²) in [5.41, 5.74) is 3.54. The molecule has 19 heavy (non-hydrogen) atoms. The van der Waals surface area contributed by atoms with Crippen LogP contribution in [0.5, 0.6) is 0 Å². The number of ether oxygens (including phenoxy) is 1. The molecular formula is C16H19NO2. The highest BCUT2D eigenvalue weighted by atomic mass is 16.5. The van der Waals surface area contributed by atoms with Crippen LogP contribution in [0.3, 0.4) is 0 Å². The highest BCUT2D eigenvalue weighted by Gasteiger charge is 2.48. The van der Waals surface area contributed by atoms with E-state index < -0.39 is 0 Å². The van der Waals surface area contributed by atoms with Gasteiger partial charge in [0.05, 0.1) is 6.10 Å². The minimum Gasteiger partial charge on any atom is -0.459 e. The first-order valence-electron chi connectivity index (χ1n) is 7.10. The van der Waals surface area contributed by atoms with Gasteiger partial charge in [-0.15, -0.1) is 0 Å². The summed E-state index contributed by atoms with van der Waals surface area (Å²) < 4.78 is 12.0. The van der Waals surface area contributed by atoms with Crippen LogP contribution >= 0.6 is 0 Å². The molecule has 2 aromatic rings. The van der Waals surface area contributed by atoms with Gasteiger partial charge in [0.1, 0.15) is 16.9 Å². The van der Waals surface area contributed by atoms with Crippen molar-refractivity contribution in [3.8, 4) is 0 Å². The number of hydrogen-bond donors (Lipinski definition) is 1. The summed E-state index contributed by atoms with van der Waals surface area (Å²) in [6.45, 7) is 6.07. The molecule has 1 saturated heterocycles. The Morgan fingerprint density at radius 2 is 2.26 bits per heavy atom. The summed E-state index contributed by atoms with van der Waals surface area (Å²) in [5.74, 6) is 1.12. The van der Waals surface area contributed by atoms with E-state index in [0.717, 1.165) is 37.3 Å². The van der Waals surface area contributed by atoms with Crippen molar-refractivity contribution in [2.45, 2.75) is 38.3 Å². The van der Waals surface area contributed by atoms with Gasteiger partial charge >= 0.3 is 0 Å². The second-order valence-electron chi connectivity index (χ2n) is 5.82. The van der Waals surface area contributed by atoms with Crippen LogP contribution in [0.1, 0.15) is 30.2 Å². The molecule has 1 aromatic heterocycles. The van der Waals surface area contributed by atoms with Crippen LogP contribution in [0, 0.1) is 6.92 Å². The van der Waals surface area contributed by atoms with E-state index >= 15 is 0 Å². The fourth-order valence-corrected chi connectivity index (χ4v) is 3.63. The van der Waals surface area contributed by atoms with Crippen molar-refractivity contribution < 1.29 is 9.15 Å². The smallest absolute Gasteiger partial charge is 0.134 e. The molecule has 2 unspecified atom stereocenters. The molecule has 3 heterocycles. The van der Waals surface area contributed by atoms with Gasteiger partial charge in [0, 0.05) is 24.1 Å². The lowest BCUT2D eigenvalue weighted by Gasteiger charge is -2.35. The molecule has 2 atom stereocenters. The van der Waals surface area contributed by atoms with E-state index in [4.69, 9.17) is 9.15 Å². The lowest BCUT2D eigenvalue weighted by Crippen LogP contribution is -2.51. The SMILES string of the molecule is Cc1ccc2c3c(oc2c1)C1(CCOC1C)NCC3. The molecule has 4 rings (SSSR count). The van der Waals surface area contributed by atoms with Gasteiger partial charge in [0.2, 0.25) is 0 Å². The van der Waals surface area contributed by atoms with Crippen LogP contribution in [0.2, 0.25) is 0 Å². The van der Waals surface area contributed by atoms with Gasteiger partial charge < -0.3 is 14.5 Å². The second kappa shape index (κ2) is 3.84. The first-order valence-corrected chi connectivity index (χ1v) is 7.10. The third-order valence-corrected chi connectivity index (χ3v) is 4.73. The number of rotatable bonds is 0. The molecule has 2 aliphatic rings. The van der Waals surface area contributed by atoms with Gasteiger partial charge in [-0.05, 0) is 38.3 Å². The fraction of sp³-hybridized carbons (Fsp3) is 0.500. The zero-order valence-electron chi connectivity index (χ0n) is 11.5. The predicted octanol–water partition coefficient (Wildman–Crippen LogP) is 2.89. The summed E-state index contributed by atoms with van der Waals surface area (Å²) in [6.07, 6.45) is 2.22. The average Bonchev–Trinajstić information content (AvgIpc) is 2.93. The van der Waals surface area contributed by atoms with Gasteiger partial charge in [-0.3, -0.25) is 0 Å². The van der Waals surface area contributed by atoms with E-state index in [1.807, 2.05) is 0 Å². The first-order chi connectivity index (χ1) is 9.21. The molecular weight excluding hydrogens is 238 g/mol. The minimum atomic E-state index is -0.111. The molecule has 0 aliphatic carbocycles. The molecule has 1 spiro atoms. The van der Waals surface area contributed by atoms with Crippen LogP contribution in [-0.4, -0.2) is 19.3 Å². The molecule has 0 amide bonds. The fourth-order valence-electron chi connectivity index (χ4n) is 3.63. The number of benzene rings is 1. The topological polar surface area (TPSA) is 34.4 Å². The largest absolute Gasteiger partial charge is 0.459 e. The molecule has 0 bridgehead atoms. The summed E-state index contributed by atoms with van der Waals surface area (Å²) in [5, 5.41) is 4.94. The van der Waals surface area contributed by atoms with E-state index in [1.165, 1.54) is 16.5 Å². The summed E-state index contributed by atoms with van der Waals surface area (Å²) >= 11 is 0. The molecule has 1 aromatic carbocycles. The number of hydrogen-bond acceptors (Lipinski definition) is 3. The standard InChI is InChI=1S/C16H19NO2/c1-10-3-4-12-13-5-7-17-16(6-8-18-11(16)2)15(13)19-14(12)9-10/h3-4,9,11,17H,5-8H2,1-2H3. The van der Waals surface area contributed by atoms with Crippen molar-refractivity contribution >= 4 is 11.0 Å². The molecule has 0 saturated carbocycles. The predicted molar refractivity (Wildman–Crippen MR) is 74.4 cm³/mol. The van der Waals surface area contributed by atoms with Gasteiger partial charge in [-0.1, -0.05) is 12.1 Å². The lowest BCUT2D eigenvalue weighted by molar-refractivity contribution is 0.0708. The first kappa shape index (κ1) is 11.5. The summed E-state index contributed by atoms with van der Waals surface area (Å²) in [6, 6.07) is 6.51. The van der Waals surface area contributed by atoms with Crippen molar-refractivity contribution in [1.29, 1.82) is 0 Å². The van der Waals surface area contributed by atoms with Gasteiger partial charge in [0.25, 0.3) is 0 Å². The maximum atomic E-state index is 6.24. The third-order valence-electron chi connectivity index (χ3n) is 4.73. The Morgan fingerprint density at radius 1 is 1.37 bits per heavy atom. The zero-order chi connectivity index (χ0) is 13.0. The van der Waals surface area contributed by atoms with Gasteiger partial charge in [-0.2, -0.15) is 0 Å². The van der Waals surface area contributed by atoms with E-state index in [1.54, 1.807) is 0 Å². The lowest BCUT2D eigenvalue weighted by atomic mass is 9.82. The Kier molecular flexibility index (Phi) is 2.32. The Hall–Kier alpha value is -1.32. The Morgan fingerprint density at radius 3 is 3.05 bits per heavy atom. The van der Waals surface area contributed by atoms with E-state index in [0.29, 0.717) is 0 Å². The zero-order valence-corrected chi connectivity index (χ0v) is 11.5. The number of aryl methyl sites for hydroxylation is 1. The van der Waals surface area contributed by atoms with Crippen LogP contribution in [0.25, 0.3) is 11.0 Å². The van der Waals surface area contributed by atoms with Crippen molar-refractivity contribution in [2.24, 2.45) is 0 Å². The van der Waals surface area contributed by atoms with Crippen molar-refractivity contribution in [3.05, 3.63) is 35.1 Å². The number of nitrogens with one attached hydrogen (secondary N) is 1. The minimum absolute atomic E-state index is 0.111. The van der Waals surface area contributed by atoms with Crippen molar-refractivity contribution in [3.63, 3.8) is 0 Å². The van der Waals surface area contributed by atoms with E-state index in [9.17, 15) is 0 Å². The van der Waals surface area contributed by atoms with E-state index in [2.05, 4.69) is 37.4 Å². The monoisotopic (exact) mass is 257 g/mol. The van der Waals surface area contributed by atoms with Crippen molar-refractivity contribution in [2.75, 3.05) is 13.2 Å². The van der Waals surface area contributed by atoms with Gasteiger partial charge in [0.15, 0.2) is 0 Å². The van der Waals surface area contributed by atoms with Crippen molar-refractivity contribution in [1.82, 2.24) is 5.32 Å². The highest BCUT2D eigenvalue weighted by molar-refractivity contribution is 5.83. The normalized spacial score (nSPS) is 30.1. The molecule has 0 radical (unpaired) electrons. The molecule has 1 fully saturated rings. The molecule has 1 N–H and O–H groups in total. The van der Waals surface area contributed by atoms with Crippen LogP contribution in [0.4, 0.5) is 0 Å². The maximum Gasteiger partial charge on any atom is 0.134 e. The Balaban J connectivity index is 1.98. The van der Waals surface area contributed by atoms with Crippen LogP contribution in [-0.2, 0) is 16.7 Å². The van der Waals surface area contributed by atoms with E-state index in [-0.39, 0.29) is 11.6 Å². The second-order valence-corrected chi connectivity index (χ2v) is 5.82. The van der Waals surface area contributed by atoms with Gasteiger partial charge in [-0.25, -0.2) is 0 Å². The quantitative estimate of drug-likeness (QED) is 0.788. The Labute approximate surface area is 112 Å². The molecule has 3 nitrogen and oxygen atoms in total. The molecule has 3 heteroatoms.